The van der Waals surface area contributed by atoms with Crippen molar-refractivity contribution < 1.29 is 59.8 Å². The number of ether oxygens (including phenoxy) is 4. The standard InChI is InChI=1S/C40H68O12/c1-35(2)26(52-34-31(47)29(45)22(43)18-50-34)12-14-38(6)25-10-9-24-37(5)13-11-19(36(3,4)48)27(37)20(41)15-39(24,7)40(25,8)16-23(32(35)38)51-33-30(46)28(44)21(42)17-49-33/h19-34,41-48H,9-18H2,1-8H3/t19-,20+,21-,22-,23+,24-,25-,26+,27-,28+,29+,30-,31-,32-,33+,34+,37-,38-,39-,40-/m1/s1. The van der Waals surface area contributed by atoms with Gasteiger partial charge in [-0.25, -0.2) is 0 Å². The van der Waals surface area contributed by atoms with Gasteiger partial charge in [-0.15, -0.1) is 0 Å². The Hall–Kier alpha value is -0.480. The third-order valence-corrected chi connectivity index (χ3v) is 17.1. The first-order valence-corrected chi connectivity index (χ1v) is 20.1. The first-order chi connectivity index (χ1) is 24.0. The van der Waals surface area contributed by atoms with Gasteiger partial charge >= 0.3 is 0 Å². The molecule has 5 aliphatic carbocycles. The Morgan fingerprint density at radius 1 is 0.596 bits per heavy atom. The van der Waals surface area contributed by atoms with E-state index >= 15 is 0 Å². The second-order valence-corrected chi connectivity index (χ2v) is 20.5. The fourth-order valence-electron chi connectivity index (χ4n) is 14.7. The van der Waals surface area contributed by atoms with Gasteiger partial charge < -0.3 is 59.8 Å². The molecule has 20 atom stereocenters. The molecule has 0 aromatic heterocycles. The zero-order valence-corrected chi connectivity index (χ0v) is 32.5. The maximum atomic E-state index is 12.2. The third-order valence-electron chi connectivity index (χ3n) is 17.1. The lowest BCUT2D eigenvalue weighted by Crippen LogP contribution is -2.72. The van der Waals surface area contributed by atoms with Crippen molar-refractivity contribution in [3.05, 3.63) is 0 Å². The lowest BCUT2D eigenvalue weighted by Gasteiger charge is -2.75. The molecule has 0 bridgehead atoms. The summed E-state index contributed by atoms with van der Waals surface area (Å²) in [6.45, 7) is 17.3. The molecule has 300 valence electrons. The summed E-state index contributed by atoms with van der Waals surface area (Å²) in [6.07, 6.45) is -5.33. The molecule has 12 heteroatoms. The van der Waals surface area contributed by atoms with E-state index in [0.29, 0.717) is 25.2 Å². The molecule has 7 rings (SSSR count). The molecule has 2 saturated heterocycles. The van der Waals surface area contributed by atoms with Crippen LogP contribution in [-0.2, 0) is 18.9 Å². The van der Waals surface area contributed by atoms with E-state index in [1.807, 2.05) is 13.8 Å². The van der Waals surface area contributed by atoms with Crippen LogP contribution in [0.4, 0.5) is 0 Å². The van der Waals surface area contributed by atoms with Gasteiger partial charge in [0.2, 0.25) is 0 Å². The Bertz CT molecular complexity index is 1320. The maximum absolute atomic E-state index is 12.2. The van der Waals surface area contributed by atoms with Crippen LogP contribution in [0, 0.1) is 56.7 Å². The first kappa shape index (κ1) is 39.7. The van der Waals surface area contributed by atoms with Gasteiger partial charge in [0, 0.05) is 0 Å². The van der Waals surface area contributed by atoms with Gasteiger partial charge in [-0.1, -0.05) is 41.5 Å². The summed E-state index contributed by atoms with van der Waals surface area (Å²) in [6, 6.07) is 0. The Morgan fingerprint density at radius 2 is 1.10 bits per heavy atom. The smallest absolute Gasteiger partial charge is 0.186 e. The number of aliphatic hydroxyl groups excluding tert-OH is 7. The minimum Gasteiger partial charge on any atom is -0.393 e. The van der Waals surface area contributed by atoms with Gasteiger partial charge in [0.15, 0.2) is 12.6 Å². The van der Waals surface area contributed by atoms with Crippen LogP contribution in [0.25, 0.3) is 0 Å². The Kier molecular flexibility index (Phi) is 9.96. The second kappa shape index (κ2) is 13.0. The molecule has 2 aliphatic heterocycles. The predicted octanol–water partition coefficient (Wildman–Crippen LogP) is 2.09. The highest BCUT2D eigenvalue weighted by molar-refractivity contribution is 5.23. The Labute approximate surface area is 309 Å². The number of aliphatic hydroxyl groups is 8. The van der Waals surface area contributed by atoms with E-state index in [1.165, 1.54) is 0 Å². The third kappa shape index (κ3) is 5.66. The molecule has 5 saturated carbocycles. The molecule has 0 aromatic carbocycles. The summed E-state index contributed by atoms with van der Waals surface area (Å²) in [5, 5.41) is 86.9. The number of rotatable bonds is 5. The van der Waals surface area contributed by atoms with Gasteiger partial charge in [-0.05, 0) is 122 Å². The summed E-state index contributed by atoms with van der Waals surface area (Å²) in [7, 11) is 0. The van der Waals surface area contributed by atoms with E-state index in [1.54, 1.807) is 0 Å². The molecular weight excluding hydrogens is 672 g/mol. The zero-order valence-electron chi connectivity index (χ0n) is 32.5. The van der Waals surface area contributed by atoms with Gasteiger partial charge in [0.05, 0.1) is 37.1 Å². The molecule has 52 heavy (non-hydrogen) atoms. The maximum Gasteiger partial charge on any atom is 0.186 e. The van der Waals surface area contributed by atoms with E-state index in [0.717, 1.165) is 32.1 Å². The van der Waals surface area contributed by atoms with E-state index in [9.17, 15) is 40.9 Å². The van der Waals surface area contributed by atoms with Crippen LogP contribution in [0.15, 0.2) is 0 Å². The van der Waals surface area contributed by atoms with Gasteiger partial charge in [-0.3, -0.25) is 0 Å². The van der Waals surface area contributed by atoms with Crippen LogP contribution in [0.5, 0.6) is 0 Å². The molecule has 0 spiro atoms. The fraction of sp³-hybridized carbons (Fsp3) is 1.00. The number of hydrogen-bond acceptors (Lipinski definition) is 12. The zero-order chi connectivity index (χ0) is 38.1. The highest BCUT2D eigenvalue weighted by Gasteiger charge is 2.74. The largest absolute Gasteiger partial charge is 0.393 e. The molecule has 7 aliphatic rings. The van der Waals surface area contributed by atoms with Crippen LogP contribution in [0.3, 0.4) is 0 Å². The molecule has 12 nitrogen and oxygen atoms in total. The van der Waals surface area contributed by atoms with Crippen molar-refractivity contribution in [3.8, 4) is 0 Å². The predicted molar refractivity (Wildman–Crippen MR) is 188 cm³/mol. The normalized spacial score (nSPS) is 57.7. The summed E-state index contributed by atoms with van der Waals surface area (Å²) < 4.78 is 25.1. The Morgan fingerprint density at radius 3 is 1.65 bits per heavy atom. The van der Waals surface area contributed by atoms with Crippen LogP contribution in [0.2, 0.25) is 0 Å². The van der Waals surface area contributed by atoms with Crippen molar-refractivity contribution in [1.82, 2.24) is 0 Å². The minimum atomic E-state index is -1.46. The average molecular weight is 741 g/mol. The van der Waals surface area contributed by atoms with E-state index in [2.05, 4.69) is 41.5 Å². The lowest BCUT2D eigenvalue weighted by atomic mass is 9.31. The molecule has 8 N–H and O–H groups in total. The van der Waals surface area contributed by atoms with Crippen LogP contribution >= 0.6 is 0 Å². The molecule has 0 aromatic rings. The summed E-state index contributed by atoms with van der Waals surface area (Å²) in [4.78, 5) is 0. The average Bonchev–Trinajstić information content (AvgIpc) is 3.42. The monoisotopic (exact) mass is 740 g/mol. The lowest BCUT2D eigenvalue weighted by molar-refractivity contribution is -0.348. The molecule has 2 heterocycles. The van der Waals surface area contributed by atoms with E-state index in [-0.39, 0.29) is 58.5 Å². The summed E-state index contributed by atoms with van der Waals surface area (Å²) in [5.74, 6) is 0.451. The summed E-state index contributed by atoms with van der Waals surface area (Å²) >= 11 is 0. The minimum absolute atomic E-state index is 0.00640. The van der Waals surface area contributed by atoms with Crippen LogP contribution in [-0.4, -0.2) is 127 Å². The van der Waals surface area contributed by atoms with Gasteiger partial charge in [0.25, 0.3) is 0 Å². The van der Waals surface area contributed by atoms with Crippen LogP contribution < -0.4 is 0 Å². The number of hydrogen-bond donors (Lipinski definition) is 8. The van der Waals surface area contributed by atoms with Gasteiger partial charge in [-0.2, -0.15) is 0 Å². The molecular formula is C40H68O12. The highest BCUT2D eigenvalue weighted by Crippen LogP contribution is 2.78. The quantitative estimate of drug-likeness (QED) is 0.191. The van der Waals surface area contributed by atoms with Crippen molar-refractivity contribution in [3.63, 3.8) is 0 Å². The van der Waals surface area contributed by atoms with Crippen molar-refractivity contribution in [2.45, 2.75) is 180 Å². The van der Waals surface area contributed by atoms with E-state index in [4.69, 9.17) is 18.9 Å². The van der Waals surface area contributed by atoms with Crippen molar-refractivity contribution in [1.29, 1.82) is 0 Å². The van der Waals surface area contributed by atoms with Crippen molar-refractivity contribution in [2.24, 2.45) is 56.7 Å². The van der Waals surface area contributed by atoms with Crippen LogP contribution in [0.1, 0.15) is 107 Å². The van der Waals surface area contributed by atoms with Gasteiger partial charge in [0.1, 0.15) is 36.6 Å². The molecule has 7 fully saturated rings. The molecule has 0 amide bonds. The fourth-order valence-corrected chi connectivity index (χ4v) is 14.7. The Balaban J connectivity index is 1.26. The number of fused-ring (bicyclic) bond motifs is 7. The molecule has 0 radical (unpaired) electrons. The SMILES string of the molecule is CC(C)(O)[C@@H]1CC[C@@]2(C)[C@H]1[C@@H](O)C[C@]1(C)[C@@H]2CC[C@@H]2[C@@]3(C)CC[C@H](O[C@@H]4OC[C@@H](O)[C@H](O)[C@H]4O)C(C)(C)[C@H]3[C@@H](O[C@@H]3OC[C@@H](O)[C@H](O)[C@H]3O)C[C@]21C. The van der Waals surface area contributed by atoms with Crippen molar-refractivity contribution >= 4 is 0 Å². The first-order valence-electron chi connectivity index (χ1n) is 20.1. The highest BCUT2D eigenvalue weighted by atomic mass is 16.7. The van der Waals surface area contributed by atoms with Crippen molar-refractivity contribution in [2.75, 3.05) is 13.2 Å². The topological polar surface area (TPSA) is 199 Å². The second-order valence-electron chi connectivity index (χ2n) is 20.5. The molecule has 0 unspecified atom stereocenters. The summed E-state index contributed by atoms with van der Waals surface area (Å²) in [5.41, 5.74) is -2.48. The van der Waals surface area contributed by atoms with E-state index < -0.39 is 78.5 Å².